The van der Waals surface area contributed by atoms with E-state index < -0.39 is 70.4 Å². The first-order chi connectivity index (χ1) is 18.4. The van der Waals surface area contributed by atoms with Gasteiger partial charge in [-0.05, 0) is 19.9 Å². The molecule has 12 nitrogen and oxygen atoms in total. The van der Waals surface area contributed by atoms with Gasteiger partial charge in [0.15, 0.2) is 12.1 Å². The van der Waals surface area contributed by atoms with Crippen molar-refractivity contribution in [3.63, 3.8) is 0 Å². The number of carbonyl (C=O) groups excluding carboxylic acids is 2. The summed E-state index contributed by atoms with van der Waals surface area (Å²) in [5.41, 5.74) is 3.14. The second-order valence-corrected chi connectivity index (χ2v) is 10.3. The van der Waals surface area contributed by atoms with Crippen molar-refractivity contribution in [3.8, 4) is 17.2 Å². The highest BCUT2D eigenvalue weighted by Crippen LogP contribution is 2.52. The van der Waals surface area contributed by atoms with Gasteiger partial charge in [-0.15, -0.1) is 0 Å². The van der Waals surface area contributed by atoms with E-state index in [1.165, 1.54) is 32.2 Å². The molecule has 12 heteroatoms. The normalized spacial score (nSPS) is 30.4. The maximum atomic E-state index is 13.7. The molecule has 1 aliphatic heterocycles. The molecule has 0 saturated carbocycles. The van der Waals surface area contributed by atoms with Crippen molar-refractivity contribution in [1.82, 2.24) is 0 Å². The zero-order chi connectivity index (χ0) is 28.4. The number of benzene rings is 2. The lowest BCUT2D eigenvalue weighted by Gasteiger charge is -2.42. The van der Waals surface area contributed by atoms with Gasteiger partial charge in [0.2, 0.25) is 5.78 Å². The highest BCUT2D eigenvalue weighted by molar-refractivity contribution is 6.31. The molecule has 6 atom stereocenters. The van der Waals surface area contributed by atoms with Crippen LogP contribution >= 0.6 is 0 Å². The minimum absolute atomic E-state index is 0.00869. The number of hydrogen-bond donors (Lipinski definition) is 6. The predicted octanol–water partition coefficient (Wildman–Crippen LogP) is 1.29. The lowest BCUT2D eigenvalue weighted by atomic mass is 9.72. The third-order valence-corrected chi connectivity index (χ3v) is 7.97. The van der Waals surface area contributed by atoms with Gasteiger partial charge in [0.1, 0.15) is 22.8 Å². The van der Waals surface area contributed by atoms with Crippen LogP contribution in [0.4, 0.5) is 0 Å². The van der Waals surface area contributed by atoms with Crippen LogP contribution in [0.1, 0.15) is 75.8 Å². The van der Waals surface area contributed by atoms with Gasteiger partial charge in [-0.2, -0.15) is 0 Å². The van der Waals surface area contributed by atoms with E-state index in [0.29, 0.717) is 0 Å². The molecule has 1 heterocycles. The minimum atomic E-state index is -1.85. The number of methoxy groups -OCH3 is 1. The number of ether oxygens (including phenoxy) is 3. The standard InChI is InChI=1S/C27H30N2O10/c1-10-22(30)14(28)7-17(38-10)39-16-9-27(35,11(2)29-36)8-13-19(16)26(34)21-20(24(13)32)23(31)12-5-4-6-15(37-3)18(12)25(21)33/h4-6,10,14,16-17,22,30,32,34-36H,7-9,28H2,1-3H3/b29-11-/t10-,14+,16+,17-,22-,27-/m0/s1. The van der Waals surface area contributed by atoms with Crippen LogP contribution in [0, 0.1) is 0 Å². The maximum absolute atomic E-state index is 13.7. The summed E-state index contributed by atoms with van der Waals surface area (Å²) in [6, 6.07) is 3.77. The monoisotopic (exact) mass is 542 g/mol. The molecule has 39 heavy (non-hydrogen) atoms. The number of aliphatic hydroxyl groups is 2. The molecule has 1 saturated heterocycles. The van der Waals surface area contributed by atoms with E-state index in [9.17, 15) is 35.2 Å². The summed E-state index contributed by atoms with van der Waals surface area (Å²) in [6.45, 7) is 2.99. The van der Waals surface area contributed by atoms with E-state index in [1.54, 1.807) is 6.92 Å². The summed E-state index contributed by atoms with van der Waals surface area (Å²) >= 11 is 0. The van der Waals surface area contributed by atoms with Crippen molar-refractivity contribution >= 4 is 17.3 Å². The number of aliphatic hydroxyl groups excluding tert-OH is 1. The van der Waals surface area contributed by atoms with Crippen molar-refractivity contribution in [2.45, 2.75) is 69.4 Å². The number of nitrogens with two attached hydrogens (primary N) is 1. The molecule has 0 spiro atoms. The number of hydrogen-bond acceptors (Lipinski definition) is 12. The molecule has 1 fully saturated rings. The van der Waals surface area contributed by atoms with E-state index in [-0.39, 0.29) is 53.0 Å². The summed E-state index contributed by atoms with van der Waals surface area (Å²) in [5, 5.41) is 57.1. The van der Waals surface area contributed by atoms with Crippen LogP contribution in [0.25, 0.3) is 0 Å². The van der Waals surface area contributed by atoms with Crippen molar-refractivity contribution < 1.29 is 49.4 Å². The summed E-state index contributed by atoms with van der Waals surface area (Å²) in [6.07, 6.45) is -4.34. The third kappa shape index (κ3) is 4.07. The quantitative estimate of drug-likeness (QED) is 0.120. The predicted molar refractivity (Wildman–Crippen MR) is 135 cm³/mol. The molecular formula is C27H30N2O10. The molecular weight excluding hydrogens is 512 g/mol. The van der Waals surface area contributed by atoms with Crippen LogP contribution in [0.5, 0.6) is 17.2 Å². The Morgan fingerprint density at radius 1 is 1.15 bits per heavy atom. The molecule has 3 aliphatic rings. The van der Waals surface area contributed by atoms with E-state index in [2.05, 4.69) is 5.16 Å². The number of fused-ring (bicyclic) bond motifs is 3. The molecule has 208 valence electrons. The second-order valence-electron chi connectivity index (χ2n) is 10.3. The van der Waals surface area contributed by atoms with Crippen LogP contribution in [0.3, 0.4) is 0 Å². The summed E-state index contributed by atoms with van der Waals surface area (Å²) in [4.78, 5) is 27.2. The molecule has 0 radical (unpaired) electrons. The first-order valence-electron chi connectivity index (χ1n) is 12.5. The molecule has 0 unspecified atom stereocenters. The van der Waals surface area contributed by atoms with E-state index in [1.807, 2.05) is 0 Å². The van der Waals surface area contributed by atoms with Gasteiger partial charge in [0.25, 0.3) is 0 Å². The zero-order valence-electron chi connectivity index (χ0n) is 21.5. The largest absolute Gasteiger partial charge is 0.507 e. The number of phenolic OH excluding ortho intramolecular Hbond substituents is 2. The number of aromatic hydroxyl groups is 2. The fraction of sp³-hybridized carbons (Fsp3) is 0.444. The van der Waals surface area contributed by atoms with Crippen LogP contribution in [-0.4, -0.2) is 80.2 Å². The molecule has 0 amide bonds. The average Bonchev–Trinajstić information content (AvgIpc) is 2.90. The number of phenols is 2. The van der Waals surface area contributed by atoms with E-state index >= 15 is 0 Å². The van der Waals surface area contributed by atoms with Gasteiger partial charge < -0.3 is 45.6 Å². The number of rotatable bonds is 4. The number of ketones is 2. The molecule has 7 N–H and O–H groups in total. The van der Waals surface area contributed by atoms with Gasteiger partial charge in [0.05, 0.1) is 47.8 Å². The highest BCUT2D eigenvalue weighted by atomic mass is 16.7. The molecule has 0 aromatic heterocycles. The molecule has 0 bridgehead atoms. The van der Waals surface area contributed by atoms with Gasteiger partial charge in [-0.3, -0.25) is 9.59 Å². The Labute approximate surface area is 223 Å². The second kappa shape index (κ2) is 9.57. The highest BCUT2D eigenvalue weighted by Gasteiger charge is 2.49. The molecule has 2 aliphatic carbocycles. The fourth-order valence-electron chi connectivity index (χ4n) is 5.76. The fourth-order valence-corrected chi connectivity index (χ4v) is 5.76. The Balaban J connectivity index is 1.69. The molecule has 5 rings (SSSR count). The third-order valence-electron chi connectivity index (χ3n) is 7.97. The van der Waals surface area contributed by atoms with Crippen molar-refractivity contribution in [3.05, 3.63) is 51.6 Å². The Morgan fingerprint density at radius 2 is 1.85 bits per heavy atom. The number of carbonyl (C=O) groups is 2. The van der Waals surface area contributed by atoms with Gasteiger partial charge >= 0.3 is 0 Å². The van der Waals surface area contributed by atoms with Crippen LogP contribution in [-0.2, 0) is 15.9 Å². The smallest absolute Gasteiger partial charge is 0.202 e. The first-order valence-corrected chi connectivity index (χ1v) is 12.5. The van der Waals surface area contributed by atoms with Crippen LogP contribution in [0.15, 0.2) is 23.4 Å². The van der Waals surface area contributed by atoms with Crippen LogP contribution in [0.2, 0.25) is 0 Å². The summed E-state index contributed by atoms with van der Waals surface area (Å²) in [5.74, 6) is -2.51. The SMILES string of the molecule is COc1cccc2c1C(=O)c1c(O)c3c(c(O)c1C2=O)C[C@@](O)(/C(C)=N\O)C[C@H]3O[C@H]1C[C@@H](N)[C@@H](O)[C@H](C)O1. The lowest BCUT2D eigenvalue weighted by Crippen LogP contribution is -2.52. The summed E-state index contributed by atoms with van der Waals surface area (Å²) in [7, 11) is 1.34. The number of nitrogens with zero attached hydrogens (tertiary/aromatic N) is 1. The zero-order valence-corrected chi connectivity index (χ0v) is 21.5. The average molecular weight is 543 g/mol. The van der Waals surface area contributed by atoms with E-state index in [4.69, 9.17) is 19.9 Å². The number of oxime groups is 1. The first kappa shape index (κ1) is 27.0. The van der Waals surface area contributed by atoms with Crippen LogP contribution < -0.4 is 10.5 Å². The lowest BCUT2D eigenvalue weighted by molar-refractivity contribution is -0.245. The Hall–Kier alpha value is -3.55. The van der Waals surface area contributed by atoms with Gasteiger partial charge in [-0.1, -0.05) is 17.3 Å². The topological polar surface area (TPSA) is 201 Å². The molecule has 2 aromatic carbocycles. The minimum Gasteiger partial charge on any atom is -0.507 e. The van der Waals surface area contributed by atoms with Crippen molar-refractivity contribution in [2.75, 3.05) is 7.11 Å². The Bertz CT molecular complexity index is 1390. The van der Waals surface area contributed by atoms with Crippen molar-refractivity contribution in [2.24, 2.45) is 10.9 Å². The Morgan fingerprint density at radius 3 is 2.49 bits per heavy atom. The summed E-state index contributed by atoms with van der Waals surface area (Å²) < 4.78 is 17.2. The Kier molecular flexibility index (Phi) is 6.64. The maximum Gasteiger partial charge on any atom is 0.202 e. The van der Waals surface area contributed by atoms with Gasteiger partial charge in [-0.25, -0.2) is 0 Å². The van der Waals surface area contributed by atoms with E-state index in [0.717, 1.165) is 0 Å². The van der Waals surface area contributed by atoms with Gasteiger partial charge in [0, 0.05) is 42.0 Å². The van der Waals surface area contributed by atoms with Crippen molar-refractivity contribution in [1.29, 1.82) is 0 Å². The molecule has 2 aromatic rings.